The largest absolute Gasteiger partial charge is 0.378 e. The van der Waals surface area contributed by atoms with Gasteiger partial charge in [0.05, 0.1) is 6.10 Å². The van der Waals surface area contributed by atoms with E-state index in [0.29, 0.717) is 18.2 Å². The summed E-state index contributed by atoms with van der Waals surface area (Å²) in [6, 6.07) is 0. The highest BCUT2D eigenvalue weighted by Crippen LogP contribution is 2.16. The molecular weight excluding hydrogens is 286 g/mol. The van der Waals surface area contributed by atoms with Gasteiger partial charge in [0.1, 0.15) is 6.54 Å². The van der Waals surface area contributed by atoms with Gasteiger partial charge < -0.3 is 9.64 Å². The highest BCUT2D eigenvalue weighted by molar-refractivity contribution is 5.75. The summed E-state index contributed by atoms with van der Waals surface area (Å²) in [6.45, 7) is 3.02. The minimum atomic E-state index is -0.559. The van der Waals surface area contributed by atoms with E-state index in [1.54, 1.807) is 18.9 Å². The minimum absolute atomic E-state index is 0.0626. The lowest BCUT2D eigenvalue weighted by molar-refractivity contribution is -0.130. The fourth-order valence-electron chi connectivity index (χ4n) is 2.56. The molecule has 7 nitrogen and oxygen atoms in total. The van der Waals surface area contributed by atoms with Gasteiger partial charge in [0.25, 0.3) is 5.56 Å². The third-order valence-corrected chi connectivity index (χ3v) is 3.96. The number of amides is 1. The molecule has 22 heavy (non-hydrogen) atoms. The second-order valence-electron chi connectivity index (χ2n) is 5.79. The van der Waals surface area contributed by atoms with Crippen LogP contribution < -0.4 is 11.2 Å². The van der Waals surface area contributed by atoms with E-state index in [1.165, 1.54) is 10.8 Å². The molecule has 0 saturated carbocycles. The highest BCUT2D eigenvalue weighted by atomic mass is 16.5. The van der Waals surface area contributed by atoms with Crippen LogP contribution in [0.25, 0.3) is 0 Å². The maximum Gasteiger partial charge on any atom is 0.328 e. The molecule has 1 aliphatic rings. The molecule has 1 N–H and O–H groups in total. The van der Waals surface area contributed by atoms with Crippen LogP contribution >= 0.6 is 0 Å². The maximum absolute atomic E-state index is 12.1. The molecule has 0 bridgehead atoms. The number of hydrogen-bond donors (Lipinski definition) is 1. The molecule has 2 heterocycles. The predicted molar refractivity (Wildman–Crippen MR) is 81.9 cm³/mol. The summed E-state index contributed by atoms with van der Waals surface area (Å²) >= 11 is 0. The summed E-state index contributed by atoms with van der Waals surface area (Å²) in [4.78, 5) is 38.9. The normalized spacial score (nSPS) is 17.6. The summed E-state index contributed by atoms with van der Waals surface area (Å²) in [5.41, 5.74) is -0.566. The highest BCUT2D eigenvalue weighted by Gasteiger charge is 2.16. The number of ether oxygens (including phenoxy) is 1. The Morgan fingerprint density at radius 1 is 1.50 bits per heavy atom. The van der Waals surface area contributed by atoms with Crippen molar-refractivity contribution in [2.75, 3.05) is 20.2 Å². The predicted octanol–water partition coefficient (Wildman–Crippen LogP) is 0.263. The first-order valence-corrected chi connectivity index (χ1v) is 7.63. The Bertz CT molecular complexity index is 628. The topological polar surface area (TPSA) is 84.4 Å². The number of hydrogen-bond acceptors (Lipinski definition) is 4. The molecule has 1 atom stereocenters. The van der Waals surface area contributed by atoms with Crippen LogP contribution in [-0.4, -0.2) is 46.7 Å². The van der Waals surface area contributed by atoms with Gasteiger partial charge in [-0.2, -0.15) is 0 Å². The van der Waals surface area contributed by atoms with Gasteiger partial charge in [-0.3, -0.25) is 19.1 Å². The van der Waals surface area contributed by atoms with Gasteiger partial charge >= 0.3 is 5.69 Å². The summed E-state index contributed by atoms with van der Waals surface area (Å²) in [7, 11) is 1.72. The van der Waals surface area contributed by atoms with Crippen molar-refractivity contribution in [3.63, 3.8) is 0 Å². The number of nitrogens with one attached hydrogen (secondary N) is 1. The Kier molecular flexibility index (Phi) is 5.54. The first-order chi connectivity index (χ1) is 10.5. The number of aromatic amines is 1. The molecule has 1 fully saturated rings. The molecule has 1 amide bonds. The zero-order valence-corrected chi connectivity index (χ0v) is 13.1. The number of aromatic nitrogens is 2. The zero-order chi connectivity index (χ0) is 16.1. The van der Waals surface area contributed by atoms with E-state index in [2.05, 4.69) is 4.98 Å². The van der Waals surface area contributed by atoms with Gasteiger partial charge in [-0.25, -0.2) is 4.79 Å². The summed E-state index contributed by atoms with van der Waals surface area (Å²) < 4.78 is 6.78. The van der Waals surface area contributed by atoms with Gasteiger partial charge in [-0.15, -0.1) is 0 Å². The zero-order valence-electron chi connectivity index (χ0n) is 13.1. The summed E-state index contributed by atoms with van der Waals surface area (Å²) in [5, 5.41) is 0. The number of H-pyrrole nitrogens is 1. The van der Waals surface area contributed by atoms with Gasteiger partial charge in [-0.05, 0) is 32.6 Å². The van der Waals surface area contributed by atoms with Crippen LogP contribution in [0.15, 0.2) is 15.8 Å². The second kappa shape index (κ2) is 7.40. The quantitative estimate of drug-likeness (QED) is 0.817. The Balaban J connectivity index is 1.84. The number of rotatable bonds is 6. The van der Waals surface area contributed by atoms with Crippen molar-refractivity contribution in [1.82, 2.24) is 14.5 Å². The van der Waals surface area contributed by atoms with E-state index in [0.717, 1.165) is 32.3 Å². The van der Waals surface area contributed by atoms with Gasteiger partial charge in [0.2, 0.25) is 5.91 Å². The van der Waals surface area contributed by atoms with Gasteiger partial charge in [0.15, 0.2) is 0 Å². The lowest BCUT2D eigenvalue weighted by Crippen LogP contribution is -2.37. The van der Waals surface area contributed by atoms with Crippen LogP contribution in [0.3, 0.4) is 0 Å². The molecule has 2 rings (SSSR count). The average Bonchev–Trinajstić information content (AvgIpc) is 2.97. The molecule has 0 radical (unpaired) electrons. The Hall–Kier alpha value is -1.89. The standard InChI is InChI=1S/C15H23N3O4/c1-11-9-18(15(21)16-14(11)20)10-13(19)17(2)7-3-5-12-6-4-8-22-12/h9,12H,3-8,10H2,1-2H3,(H,16,20,21)/t12-/m1/s1. The molecule has 122 valence electrons. The first kappa shape index (κ1) is 16.5. The number of carbonyl (C=O) groups is 1. The van der Waals surface area contributed by atoms with Crippen LogP contribution in [-0.2, 0) is 16.1 Å². The lowest BCUT2D eigenvalue weighted by atomic mass is 10.1. The molecular formula is C15H23N3O4. The van der Waals surface area contributed by atoms with Crippen molar-refractivity contribution in [2.24, 2.45) is 0 Å². The third-order valence-electron chi connectivity index (χ3n) is 3.96. The molecule has 0 aliphatic carbocycles. The third kappa shape index (κ3) is 4.30. The van der Waals surface area contributed by atoms with Crippen molar-refractivity contribution in [3.8, 4) is 0 Å². The van der Waals surface area contributed by atoms with Gasteiger partial charge in [-0.1, -0.05) is 0 Å². The monoisotopic (exact) mass is 309 g/mol. The van der Waals surface area contributed by atoms with E-state index in [9.17, 15) is 14.4 Å². The summed E-state index contributed by atoms with van der Waals surface area (Å²) in [6.07, 6.45) is 5.80. The smallest absolute Gasteiger partial charge is 0.328 e. The fourth-order valence-corrected chi connectivity index (χ4v) is 2.56. The van der Waals surface area contributed by atoms with E-state index >= 15 is 0 Å². The molecule has 1 aromatic heterocycles. The second-order valence-corrected chi connectivity index (χ2v) is 5.79. The molecule has 1 saturated heterocycles. The van der Waals surface area contributed by atoms with Crippen LogP contribution in [0.2, 0.25) is 0 Å². The van der Waals surface area contributed by atoms with E-state index < -0.39 is 11.2 Å². The number of carbonyl (C=O) groups excluding carboxylic acids is 1. The molecule has 0 spiro atoms. The van der Waals surface area contributed by atoms with Crippen LogP contribution in [0.4, 0.5) is 0 Å². The van der Waals surface area contributed by atoms with Crippen LogP contribution in [0.5, 0.6) is 0 Å². The molecule has 1 aliphatic heterocycles. The van der Waals surface area contributed by atoms with Crippen molar-refractivity contribution < 1.29 is 9.53 Å². The van der Waals surface area contributed by atoms with Crippen molar-refractivity contribution >= 4 is 5.91 Å². The minimum Gasteiger partial charge on any atom is -0.378 e. The molecule has 0 aromatic carbocycles. The molecule has 7 heteroatoms. The number of aryl methyl sites for hydroxylation is 1. The van der Waals surface area contributed by atoms with Crippen LogP contribution in [0, 0.1) is 6.92 Å². The Morgan fingerprint density at radius 3 is 2.95 bits per heavy atom. The molecule has 1 aromatic rings. The maximum atomic E-state index is 12.1. The lowest BCUT2D eigenvalue weighted by Gasteiger charge is -2.18. The first-order valence-electron chi connectivity index (χ1n) is 7.63. The average molecular weight is 309 g/mol. The SMILES string of the molecule is Cc1cn(CC(=O)N(C)CCC[C@@H]2CCCO2)c(=O)[nH]c1=O. The van der Waals surface area contributed by atoms with Crippen molar-refractivity contribution in [3.05, 3.63) is 32.6 Å². The van der Waals surface area contributed by atoms with E-state index in [-0.39, 0.29) is 12.5 Å². The van der Waals surface area contributed by atoms with Crippen molar-refractivity contribution in [1.29, 1.82) is 0 Å². The van der Waals surface area contributed by atoms with E-state index in [4.69, 9.17) is 4.74 Å². The number of likely N-dealkylation sites (N-methyl/N-ethyl adjacent to an activating group) is 1. The Labute approximate surface area is 128 Å². The van der Waals surface area contributed by atoms with Crippen LogP contribution in [0.1, 0.15) is 31.2 Å². The van der Waals surface area contributed by atoms with E-state index in [1.807, 2.05) is 0 Å². The molecule has 0 unspecified atom stereocenters. The van der Waals surface area contributed by atoms with Gasteiger partial charge in [0, 0.05) is 32.0 Å². The van der Waals surface area contributed by atoms with Crippen molar-refractivity contribution in [2.45, 2.75) is 45.3 Å². The fraction of sp³-hybridized carbons (Fsp3) is 0.667. The number of nitrogens with zero attached hydrogens (tertiary/aromatic N) is 2. The Morgan fingerprint density at radius 2 is 2.27 bits per heavy atom. The summed E-state index contributed by atoms with van der Waals surface area (Å²) in [5.74, 6) is -0.152.